The molecular weight excluding hydrogens is 320 g/mol. The molecule has 0 radical (unpaired) electrons. The predicted octanol–water partition coefficient (Wildman–Crippen LogP) is 4.28. The fraction of sp³-hybridized carbons (Fsp3) is 0.158. The van der Waals surface area contributed by atoms with Crippen molar-refractivity contribution in [3.63, 3.8) is 0 Å². The van der Waals surface area contributed by atoms with Crippen molar-refractivity contribution in [1.82, 2.24) is 4.98 Å². The summed E-state index contributed by atoms with van der Waals surface area (Å²) in [5.41, 5.74) is 2.49. The van der Waals surface area contributed by atoms with E-state index in [2.05, 4.69) is 10.3 Å². The van der Waals surface area contributed by atoms with E-state index in [1.165, 1.54) is 11.8 Å². The molecule has 3 aromatic rings. The number of hydrogen-bond acceptors (Lipinski definition) is 4. The molecule has 4 nitrogen and oxygen atoms in total. The zero-order chi connectivity index (χ0) is 16.9. The molecule has 1 heterocycles. The van der Waals surface area contributed by atoms with E-state index < -0.39 is 0 Å². The van der Waals surface area contributed by atoms with Crippen molar-refractivity contribution in [3.8, 4) is 5.75 Å². The van der Waals surface area contributed by atoms with Gasteiger partial charge >= 0.3 is 0 Å². The summed E-state index contributed by atoms with van der Waals surface area (Å²) in [7, 11) is 1.63. The number of nitrogens with zero attached hydrogens (tertiary/aromatic N) is 1. The third-order valence-electron chi connectivity index (χ3n) is 3.54. The number of carbonyl (C=O) groups excluding carboxylic acids is 1. The third kappa shape index (κ3) is 3.86. The summed E-state index contributed by atoms with van der Waals surface area (Å²) in [6, 6.07) is 17.4. The molecule has 0 atom stereocenters. The Morgan fingerprint density at radius 2 is 2.00 bits per heavy atom. The average molecular weight is 338 g/mol. The average Bonchev–Trinajstić information content (AvgIpc) is 2.61. The lowest BCUT2D eigenvalue weighted by Gasteiger charge is -2.09. The van der Waals surface area contributed by atoms with Crippen LogP contribution in [0.15, 0.2) is 59.5 Å². The Kier molecular flexibility index (Phi) is 5.01. The van der Waals surface area contributed by atoms with Crippen LogP contribution in [-0.2, 0) is 4.79 Å². The van der Waals surface area contributed by atoms with Crippen LogP contribution in [0.3, 0.4) is 0 Å². The number of carbonyl (C=O) groups is 1. The lowest BCUT2D eigenvalue weighted by Crippen LogP contribution is -2.14. The molecule has 5 heteroatoms. The maximum atomic E-state index is 12.3. The molecule has 122 valence electrons. The lowest BCUT2D eigenvalue weighted by atomic mass is 10.2. The van der Waals surface area contributed by atoms with E-state index in [0.717, 1.165) is 32.9 Å². The van der Waals surface area contributed by atoms with E-state index >= 15 is 0 Å². The summed E-state index contributed by atoms with van der Waals surface area (Å²) in [4.78, 5) is 17.8. The minimum absolute atomic E-state index is 0.0568. The summed E-state index contributed by atoms with van der Waals surface area (Å²) in [5, 5.41) is 3.97. The first-order valence-electron chi connectivity index (χ1n) is 7.59. The molecule has 3 rings (SSSR count). The minimum atomic E-state index is -0.0568. The molecule has 1 N–H and O–H groups in total. The molecule has 0 spiro atoms. The number of thioether (sulfide) groups is 1. The normalized spacial score (nSPS) is 10.6. The number of rotatable bonds is 5. The number of aromatic nitrogens is 1. The molecule has 0 bridgehead atoms. The zero-order valence-corrected chi connectivity index (χ0v) is 14.4. The van der Waals surface area contributed by atoms with Crippen LogP contribution in [0.25, 0.3) is 10.9 Å². The van der Waals surface area contributed by atoms with Crippen LogP contribution in [0.4, 0.5) is 5.69 Å². The Morgan fingerprint density at radius 3 is 2.83 bits per heavy atom. The number of benzene rings is 2. The molecule has 1 aromatic heterocycles. The van der Waals surface area contributed by atoms with Crippen LogP contribution in [0.5, 0.6) is 5.75 Å². The van der Waals surface area contributed by atoms with E-state index in [1.54, 1.807) is 7.11 Å². The second-order valence-electron chi connectivity index (χ2n) is 5.35. The molecule has 2 aromatic carbocycles. The zero-order valence-electron chi connectivity index (χ0n) is 13.6. The Hall–Kier alpha value is -2.53. The molecule has 0 aliphatic carbocycles. The van der Waals surface area contributed by atoms with Crippen LogP contribution in [0.1, 0.15) is 5.69 Å². The Balaban J connectivity index is 1.70. The number of amides is 1. The number of ether oxygens (including phenoxy) is 1. The SMILES string of the molecule is COc1cccc(SCC(=O)Nc2cccc3ccc(C)nc23)c1. The highest BCUT2D eigenvalue weighted by molar-refractivity contribution is 8.00. The van der Waals surface area contributed by atoms with Crippen LogP contribution < -0.4 is 10.1 Å². The van der Waals surface area contributed by atoms with Crippen molar-refractivity contribution in [2.45, 2.75) is 11.8 Å². The van der Waals surface area contributed by atoms with Crippen molar-refractivity contribution in [3.05, 3.63) is 60.3 Å². The highest BCUT2D eigenvalue weighted by Crippen LogP contribution is 2.24. The number of pyridine rings is 1. The summed E-state index contributed by atoms with van der Waals surface area (Å²) in [5.74, 6) is 1.06. The standard InChI is InChI=1S/C19H18N2O2S/c1-13-9-10-14-5-3-8-17(19(14)20-13)21-18(22)12-24-16-7-4-6-15(11-16)23-2/h3-11H,12H2,1-2H3,(H,21,22). The van der Waals surface area contributed by atoms with Gasteiger partial charge in [-0.05, 0) is 37.3 Å². The minimum Gasteiger partial charge on any atom is -0.497 e. The van der Waals surface area contributed by atoms with Crippen LogP contribution in [0, 0.1) is 6.92 Å². The summed E-state index contributed by atoms with van der Waals surface area (Å²) in [6.07, 6.45) is 0. The van der Waals surface area contributed by atoms with Gasteiger partial charge in [0.05, 0.1) is 24.1 Å². The van der Waals surface area contributed by atoms with Crippen molar-refractivity contribution in [1.29, 1.82) is 0 Å². The van der Waals surface area contributed by atoms with Crippen molar-refractivity contribution in [2.75, 3.05) is 18.2 Å². The van der Waals surface area contributed by atoms with Crippen LogP contribution >= 0.6 is 11.8 Å². The summed E-state index contributed by atoms with van der Waals surface area (Å²) >= 11 is 1.47. The monoisotopic (exact) mass is 338 g/mol. The molecule has 0 saturated carbocycles. The second-order valence-corrected chi connectivity index (χ2v) is 6.39. The Morgan fingerprint density at radius 1 is 1.17 bits per heavy atom. The molecule has 0 unspecified atom stereocenters. The molecule has 0 fully saturated rings. The van der Waals surface area contributed by atoms with Gasteiger partial charge in [-0.15, -0.1) is 11.8 Å². The van der Waals surface area contributed by atoms with Gasteiger partial charge < -0.3 is 10.1 Å². The quantitative estimate of drug-likeness (QED) is 0.705. The number of fused-ring (bicyclic) bond motifs is 1. The Labute approximate surface area is 145 Å². The van der Waals surface area contributed by atoms with Gasteiger partial charge in [-0.2, -0.15) is 0 Å². The largest absolute Gasteiger partial charge is 0.497 e. The first-order chi connectivity index (χ1) is 11.7. The van der Waals surface area contributed by atoms with E-state index in [1.807, 2.05) is 61.5 Å². The number of para-hydroxylation sites is 1. The van der Waals surface area contributed by atoms with Gasteiger partial charge in [-0.3, -0.25) is 9.78 Å². The van der Waals surface area contributed by atoms with Gasteiger partial charge in [-0.1, -0.05) is 24.3 Å². The second kappa shape index (κ2) is 7.36. The smallest absolute Gasteiger partial charge is 0.234 e. The molecular formula is C19H18N2O2S. The fourth-order valence-corrected chi connectivity index (χ4v) is 3.12. The number of aryl methyl sites for hydroxylation is 1. The van der Waals surface area contributed by atoms with Gasteiger partial charge in [0.15, 0.2) is 0 Å². The molecule has 0 saturated heterocycles. The van der Waals surface area contributed by atoms with Crippen molar-refractivity contribution < 1.29 is 9.53 Å². The first kappa shape index (κ1) is 16.3. The molecule has 0 aliphatic heterocycles. The topological polar surface area (TPSA) is 51.2 Å². The van der Waals surface area contributed by atoms with Gasteiger partial charge in [0.25, 0.3) is 0 Å². The van der Waals surface area contributed by atoms with E-state index in [0.29, 0.717) is 5.75 Å². The van der Waals surface area contributed by atoms with Crippen LogP contribution in [-0.4, -0.2) is 23.8 Å². The fourth-order valence-electron chi connectivity index (χ4n) is 2.37. The van der Waals surface area contributed by atoms with Gasteiger partial charge in [0, 0.05) is 16.0 Å². The van der Waals surface area contributed by atoms with Crippen molar-refractivity contribution in [2.24, 2.45) is 0 Å². The van der Waals surface area contributed by atoms with Gasteiger partial charge in [0.2, 0.25) is 5.91 Å². The number of hydrogen-bond donors (Lipinski definition) is 1. The molecule has 24 heavy (non-hydrogen) atoms. The summed E-state index contributed by atoms with van der Waals surface area (Å²) in [6.45, 7) is 1.94. The third-order valence-corrected chi connectivity index (χ3v) is 4.54. The molecule has 1 amide bonds. The highest BCUT2D eigenvalue weighted by atomic mass is 32.2. The van der Waals surface area contributed by atoms with E-state index in [-0.39, 0.29) is 5.91 Å². The van der Waals surface area contributed by atoms with E-state index in [9.17, 15) is 4.79 Å². The van der Waals surface area contributed by atoms with Crippen LogP contribution in [0.2, 0.25) is 0 Å². The number of methoxy groups -OCH3 is 1. The maximum Gasteiger partial charge on any atom is 0.234 e. The number of anilines is 1. The summed E-state index contributed by atoms with van der Waals surface area (Å²) < 4.78 is 5.19. The highest BCUT2D eigenvalue weighted by Gasteiger charge is 2.08. The van der Waals surface area contributed by atoms with Crippen molar-refractivity contribution >= 4 is 34.3 Å². The van der Waals surface area contributed by atoms with Gasteiger partial charge in [0.1, 0.15) is 5.75 Å². The predicted molar refractivity (Wildman–Crippen MR) is 98.8 cm³/mol. The number of nitrogens with one attached hydrogen (secondary N) is 1. The first-order valence-corrected chi connectivity index (χ1v) is 8.57. The molecule has 0 aliphatic rings. The Bertz CT molecular complexity index is 880. The van der Waals surface area contributed by atoms with E-state index in [4.69, 9.17) is 4.74 Å². The maximum absolute atomic E-state index is 12.3. The van der Waals surface area contributed by atoms with Gasteiger partial charge in [-0.25, -0.2) is 0 Å². The lowest BCUT2D eigenvalue weighted by molar-refractivity contribution is -0.113.